The number of carboxylic acid groups (broad SMARTS) is 2. The van der Waals surface area contributed by atoms with E-state index < -0.39 is 11.9 Å². The number of aromatic nitrogens is 1. The van der Waals surface area contributed by atoms with Crippen LogP contribution in [0.3, 0.4) is 0 Å². The first-order chi connectivity index (χ1) is 13.9. The number of para-hydroxylation sites is 1. The minimum Gasteiger partial charge on any atom is -0.478 e. The summed E-state index contributed by atoms with van der Waals surface area (Å²) in [4.78, 5) is 19.1. The van der Waals surface area contributed by atoms with Gasteiger partial charge in [0.2, 0.25) is 0 Å². The highest BCUT2D eigenvalue weighted by molar-refractivity contribution is 5.92. The van der Waals surface area contributed by atoms with Gasteiger partial charge in [-0.3, -0.25) is 0 Å². The smallest absolute Gasteiger partial charge is 0.328 e. The van der Waals surface area contributed by atoms with Crippen molar-refractivity contribution in [2.45, 2.75) is 18.9 Å². The number of hydrogen-bond donors (Lipinski definition) is 3. The van der Waals surface area contributed by atoms with E-state index in [1.165, 1.54) is 5.56 Å². The Hall–Kier alpha value is -3.71. The van der Waals surface area contributed by atoms with E-state index in [1.807, 2.05) is 42.5 Å². The molecule has 0 aliphatic rings. The van der Waals surface area contributed by atoms with Gasteiger partial charge in [-0.05, 0) is 30.5 Å². The van der Waals surface area contributed by atoms with Crippen molar-refractivity contribution in [2.24, 2.45) is 5.73 Å². The van der Waals surface area contributed by atoms with E-state index in [-0.39, 0.29) is 6.04 Å². The van der Waals surface area contributed by atoms with E-state index in [4.69, 9.17) is 20.5 Å². The lowest BCUT2D eigenvalue weighted by Crippen LogP contribution is -2.22. The number of fused-ring (bicyclic) bond motifs is 1. The first-order valence-corrected chi connectivity index (χ1v) is 8.85. The fraction of sp³-hybridized carbons (Fsp3) is 0.136. The summed E-state index contributed by atoms with van der Waals surface area (Å²) in [5, 5.41) is 20.9. The van der Waals surface area contributed by atoms with E-state index in [0.29, 0.717) is 12.2 Å². The van der Waals surface area contributed by atoms with Crippen LogP contribution in [0, 0.1) is 0 Å². The molecule has 3 aromatic rings. The van der Waals surface area contributed by atoms with Crippen LogP contribution < -0.4 is 5.73 Å². The van der Waals surface area contributed by atoms with Crippen LogP contribution in [0.5, 0.6) is 0 Å². The van der Waals surface area contributed by atoms with Gasteiger partial charge in [0.05, 0.1) is 0 Å². The van der Waals surface area contributed by atoms with Gasteiger partial charge >= 0.3 is 11.9 Å². The second-order valence-corrected chi connectivity index (χ2v) is 6.18. The summed E-state index contributed by atoms with van der Waals surface area (Å²) in [6.07, 6.45) is 4.57. The Kier molecular flexibility index (Phi) is 7.88. The van der Waals surface area contributed by atoms with Crippen molar-refractivity contribution in [2.75, 3.05) is 0 Å². The topological polar surface area (TPSA) is 127 Å². The van der Waals surface area contributed by atoms with Gasteiger partial charge in [-0.15, -0.1) is 6.58 Å². The summed E-state index contributed by atoms with van der Waals surface area (Å²) in [6, 6.07) is 16.2. The van der Waals surface area contributed by atoms with Gasteiger partial charge in [0.15, 0.2) is 5.58 Å². The first-order valence-electron chi connectivity index (χ1n) is 8.85. The molecule has 1 aromatic heterocycles. The van der Waals surface area contributed by atoms with Crippen molar-refractivity contribution in [1.29, 1.82) is 0 Å². The maximum Gasteiger partial charge on any atom is 0.328 e. The Labute approximate surface area is 167 Å². The molecule has 1 unspecified atom stereocenters. The Balaban J connectivity index is 0.000000321. The highest BCUT2D eigenvalue weighted by Gasteiger charge is 2.14. The number of aliphatic carboxylic acids is 2. The van der Waals surface area contributed by atoms with Crippen LogP contribution in [0.2, 0.25) is 0 Å². The van der Waals surface area contributed by atoms with Crippen molar-refractivity contribution >= 4 is 22.9 Å². The van der Waals surface area contributed by atoms with Crippen LogP contribution in [0.15, 0.2) is 77.9 Å². The fourth-order valence-electron chi connectivity index (χ4n) is 2.73. The molecule has 0 radical (unpaired) electrons. The Morgan fingerprint density at radius 1 is 1.07 bits per heavy atom. The second-order valence-electron chi connectivity index (χ2n) is 6.18. The zero-order valence-electron chi connectivity index (χ0n) is 15.7. The molecule has 1 atom stereocenters. The number of nitrogens with zero attached hydrogens (tertiary/aromatic N) is 1. The number of carbonyl (C=O) groups is 2. The molecule has 0 amide bonds. The molecule has 0 spiro atoms. The minimum absolute atomic E-state index is 0.0711. The van der Waals surface area contributed by atoms with Gasteiger partial charge < -0.3 is 20.5 Å². The molecule has 0 saturated carbocycles. The largest absolute Gasteiger partial charge is 0.478 e. The van der Waals surface area contributed by atoms with Crippen LogP contribution in [0.4, 0.5) is 0 Å². The molecule has 7 nitrogen and oxygen atoms in total. The summed E-state index contributed by atoms with van der Waals surface area (Å²) in [6.45, 7) is 3.75. The SMILES string of the molecule is C=CCC(N)Cc1ccccc1-c1noc2ccccc12.O=C(O)/C=C/C(=O)O. The summed E-state index contributed by atoms with van der Waals surface area (Å²) < 4.78 is 5.41. The monoisotopic (exact) mass is 394 g/mol. The molecule has 150 valence electrons. The molecule has 0 aliphatic heterocycles. The lowest BCUT2D eigenvalue weighted by atomic mass is 9.96. The third-order valence-electron chi connectivity index (χ3n) is 3.97. The lowest BCUT2D eigenvalue weighted by molar-refractivity contribution is -0.134. The van der Waals surface area contributed by atoms with Crippen LogP contribution in [0.1, 0.15) is 12.0 Å². The highest BCUT2D eigenvalue weighted by Crippen LogP contribution is 2.30. The number of benzene rings is 2. The molecule has 0 bridgehead atoms. The minimum atomic E-state index is -1.26. The first kappa shape index (κ1) is 21.6. The summed E-state index contributed by atoms with van der Waals surface area (Å²) >= 11 is 0. The number of rotatable bonds is 7. The molecule has 4 N–H and O–H groups in total. The van der Waals surface area contributed by atoms with Crippen molar-refractivity contribution in [1.82, 2.24) is 5.16 Å². The third-order valence-corrected chi connectivity index (χ3v) is 3.97. The molecule has 0 fully saturated rings. The molecule has 0 saturated heterocycles. The van der Waals surface area contributed by atoms with Crippen LogP contribution in [-0.4, -0.2) is 33.4 Å². The molecule has 0 aliphatic carbocycles. The van der Waals surface area contributed by atoms with E-state index in [2.05, 4.69) is 23.9 Å². The second kappa shape index (κ2) is 10.6. The Morgan fingerprint density at radius 3 is 2.34 bits per heavy atom. The molecule has 3 rings (SSSR count). The van der Waals surface area contributed by atoms with Crippen LogP contribution in [0.25, 0.3) is 22.2 Å². The fourth-order valence-corrected chi connectivity index (χ4v) is 2.73. The Bertz CT molecular complexity index is 1010. The van der Waals surface area contributed by atoms with Gasteiger partial charge in [-0.2, -0.15) is 0 Å². The summed E-state index contributed by atoms with van der Waals surface area (Å²) in [5.41, 5.74) is 10.1. The highest BCUT2D eigenvalue weighted by atomic mass is 16.5. The van der Waals surface area contributed by atoms with E-state index in [1.54, 1.807) is 0 Å². The molecule has 1 heterocycles. The third kappa shape index (κ3) is 6.44. The quantitative estimate of drug-likeness (QED) is 0.412. The maximum absolute atomic E-state index is 9.55. The number of nitrogens with two attached hydrogens (primary N) is 1. The lowest BCUT2D eigenvalue weighted by Gasteiger charge is -2.12. The van der Waals surface area contributed by atoms with Crippen molar-refractivity contribution in [3.05, 3.63) is 78.9 Å². The van der Waals surface area contributed by atoms with E-state index in [9.17, 15) is 9.59 Å². The Morgan fingerprint density at radius 2 is 1.69 bits per heavy atom. The predicted octanol–water partition coefficient (Wildman–Crippen LogP) is 3.65. The summed E-state index contributed by atoms with van der Waals surface area (Å²) in [5.74, 6) is -2.51. The molecule has 29 heavy (non-hydrogen) atoms. The molecular formula is C22H22N2O5. The number of hydrogen-bond acceptors (Lipinski definition) is 5. The van der Waals surface area contributed by atoms with Gasteiger partial charge in [-0.25, -0.2) is 9.59 Å². The molecular weight excluding hydrogens is 372 g/mol. The van der Waals surface area contributed by atoms with Gasteiger partial charge in [0.1, 0.15) is 5.69 Å². The van der Waals surface area contributed by atoms with Gasteiger partial charge in [0, 0.05) is 29.1 Å². The normalized spacial score (nSPS) is 11.6. The average molecular weight is 394 g/mol. The van der Waals surface area contributed by atoms with Gasteiger partial charge in [0.25, 0.3) is 0 Å². The van der Waals surface area contributed by atoms with Gasteiger partial charge in [-0.1, -0.05) is 47.6 Å². The average Bonchev–Trinajstić information content (AvgIpc) is 3.11. The predicted molar refractivity (Wildman–Crippen MR) is 110 cm³/mol. The van der Waals surface area contributed by atoms with Crippen LogP contribution >= 0.6 is 0 Å². The standard InChI is InChI=1S/C18H18N2O.C4H4O4/c1-2-7-14(19)12-13-8-3-4-9-15(13)18-16-10-5-6-11-17(16)21-20-18;5-3(6)1-2-4(7)8/h2-6,8-11,14H,1,7,12,19H2;1-2H,(H,5,6)(H,7,8)/b;2-1+. The molecule has 2 aromatic carbocycles. The zero-order valence-corrected chi connectivity index (χ0v) is 15.7. The van der Waals surface area contributed by atoms with Crippen molar-refractivity contribution in [3.63, 3.8) is 0 Å². The zero-order chi connectivity index (χ0) is 21.2. The number of carboxylic acids is 2. The van der Waals surface area contributed by atoms with Crippen LogP contribution in [-0.2, 0) is 16.0 Å². The van der Waals surface area contributed by atoms with Crippen molar-refractivity contribution in [3.8, 4) is 11.3 Å². The summed E-state index contributed by atoms with van der Waals surface area (Å²) in [7, 11) is 0. The maximum atomic E-state index is 9.55. The van der Waals surface area contributed by atoms with E-state index in [0.717, 1.165) is 35.1 Å². The van der Waals surface area contributed by atoms with E-state index >= 15 is 0 Å². The van der Waals surface area contributed by atoms with Crippen molar-refractivity contribution < 1.29 is 24.3 Å². The molecule has 7 heteroatoms.